The van der Waals surface area contributed by atoms with Gasteiger partial charge in [0.05, 0.1) is 0 Å². The molecule has 0 aliphatic rings. The van der Waals surface area contributed by atoms with Crippen molar-refractivity contribution in [3.05, 3.63) is 0 Å². The van der Waals surface area contributed by atoms with Crippen LogP contribution in [0.1, 0.15) is 348 Å². The maximum Gasteiger partial charge on any atom is 0.360 e. The Morgan fingerprint density at radius 3 is 0.629 bits per heavy atom. The molecular formula is C58H121O2Si2. The van der Waals surface area contributed by atoms with Crippen molar-refractivity contribution >= 4 is 17.6 Å². The highest BCUT2D eigenvalue weighted by Crippen LogP contribution is 2.21. The summed E-state index contributed by atoms with van der Waals surface area (Å²) in [5.41, 5.74) is 0. The molecule has 2 nitrogen and oxygen atoms in total. The molecule has 0 aliphatic carbocycles. The van der Waals surface area contributed by atoms with Gasteiger partial charge in [0, 0.05) is 0 Å². The van der Waals surface area contributed by atoms with Crippen molar-refractivity contribution in [1.29, 1.82) is 0 Å². The average Bonchev–Trinajstić information content (AvgIpc) is 3.26. The lowest BCUT2D eigenvalue weighted by atomic mass is 10.0. The normalized spacial score (nSPS) is 13.3. The summed E-state index contributed by atoms with van der Waals surface area (Å²) >= 11 is 0. The van der Waals surface area contributed by atoms with Crippen LogP contribution >= 0.6 is 0 Å². The first-order valence-electron chi connectivity index (χ1n) is 29.9. The van der Waals surface area contributed by atoms with Crippen LogP contribution in [0.4, 0.5) is 0 Å². The molecule has 0 aromatic rings. The Kier molecular flexibility index (Phi) is 54.3. The highest BCUT2D eigenvalue weighted by molar-refractivity contribution is 6.73. The summed E-state index contributed by atoms with van der Waals surface area (Å²) in [6.07, 6.45) is 74.6. The highest BCUT2D eigenvalue weighted by Gasteiger charge is 2.30. The van der Waals surface area contributed by atoms with Crippen LogP contribution in [0.25, 0.3) is 0 Å². The summed E-state index contributed by atoms with van der Waals surface area (Å²) in [4.78, 5) is 13.1. The minimum absolute atomic E-state index is 0.836. The van der Waals surface area contributed by atoms with E-state index in [-0.39, 0.29) is 0 Å². The molecular weight excluding hydrogens is 785 g/mol. The van der Waals surface area contributed by atoms with Gasteiger partial charge in [-0.25, -0.2) is 0 Å². The molecule has 0 aromatic heterocycles. The molecule has 2 unspecified atom stereocenters. The fraction of sp³-hybridized carbons (Fsp3) is 1.00. The molecule has 0 bridgehead atoms. The molecule has 0 aromatic carbocycles. The topological polar surface area (TPSA) is 29.1 Å². The Bertz CT molecular complexity index is 789. The molecule has 1 radical (unpaired) electrons. The Hall–Kier alpha value is 0.354. The van der Waals surface area contributed by atoms with E-state index in [0.29, 0.717) is 0 Å². The minimum atomic E-state index is -2.70. The van der Waals surface area contributed by atoms with Gasteiger partial charge in [-0.2, -0.15) is 0 Å². The van der Waals surface area contributed by atoms with E-state index in [1.165, 1.54) is 334 Å². The molecule has 373 valence electrons. The molecule has 4 heteroatoms. The van der Waals surface area contributed by atoms with Crippen LogP contribution in [0.2, 0.25) is 25.2 Å². The van der Waals surface area contributed by atoms with E-state index in [9.17, 15) is 4.80 Å². The fourth-order valence-electron chi connectivity index (χ4n) is 10.1. The van der Waals surface area contributed by atoms with Gasteiger partial charge in [0.2, 0.25) is 0 Å². The molecule has 0 rings (SSSR count). The lowest BCUT2D eigenvalue weighted by Crippen LogP contribution is -2.38. The van der Waals surface area contributed by atoms with Gasteiger partial charge in [0.15, 0.2) is 9.04 Å². The van der Waals surface area contributed by atoms with Crippen LogP contribution in [-0.4, -0.2) is 17.6 Å². The molecule has 0 saturated heterocycles. The van der Waals surface area contributed by atoms with Gasteiger partial charge in [0.25, 0.3) is 0 Å². The standard InChI is InChI=1S/C58H121O2Si2/c1-5-7-9-11-13-15-17-19-21-23-25-27-29-31-32-33-34-35-37-39-41-43-45-47-49-51-53-55-57-61(3)60-62(4,59)58-56-54-52-50-48-46-44-42-40-38-36-30-28-26-24-22-20-18-16-14-12-10-8-6-2/h61H,5-58H2,1-4H3. The zero-order valence-corrected chi connectivity index (χ0v) is 46.2. The summed E-state index contributed by atoms with van der Waals surface area (Å²) in [6, 6.07) is 2.05. The molecule has 62 heavy (non-hydrogen) atoms. The summed E-state index contributed by atoms with van der Waals surface area (Å²) in [5.74, 6) is 0. The SMILES string of the molecule is CCCCCCCCCCCCCCCCCCCCCCCCCCCCCC[SiH](C)O[Si](C)([O])CCCCCCCCCCCCCCCCCCCCCCCCCC. The van der Waals surface area contributed by atoms with Gasteiger partial charge in [-0.3, -0.25) is 4.80 Å². The van der Waals surface area contributed by atoms with Crippen molar-refractivity contribution in [3.63, 3.8) is 0 Å². The van der Waals surface area contributed by atoms with Gasteiger partial charge >= 0.3 is 8.56 Å². The van der Waals surface area contributed by atoms with Crippen LogP contribution in [0.5, 0.6) is 0 Å². The third kappa shape index (κ3) is 54.7. The van der Waals surface area contributed by atoms with E-state index >= 15 is 0 Å². The highest BCUT2D eigenvalue weighted by atomic mass is 28.4. The van der Waals surface area contributed by atoms with Crippen LogP contribution in [0.15, 0.2) is 0 Å². The Balaban J connectivity index is 3.30. The lowest BCUT2D eigenvalue weighted by Gasteiger charge is -2.23. The van der Waals surface area contributed by atoms with Crippen molar-refractivity contribution in [2.24, 2.45) is 0 Å². The van der Waals surface area contributed by atoms with Crippen molar-refractivity contribution in [2.75, 3.05) is 0 Å². The third-order valence-corrected chi connectivity index (χ3v) is 20.5. The first-order chi connectivity index (χ1) is 30.5. The summed E-state index contributed by atoms with van der Waals surface area (Å²) < 4.78 is 6.27. The van der Waals surface area contributed by atoms with Crippen molar-refractivity contribution in [1.82, 2.24) is 0 Å². The molecule has 0 saturated carbocycles. The summed E-state index contributed by atoms with van der Waals surface area (Å²) in [6.45, 7) is 8.87. The molecule has 0 fully saturated rings. The average molecular weight is 907 g/mol. The van der Waals surface area contributed by atoms with E-state index < -0.39 is 17.6 Å². The van der Waals surface area contributed by atoms with Gasteiger partial charge < -0.3 is 4.12 Å². The van der Waals surface area contributed by atoms with Crippen molar-refractivity contribution in [3.8, 4) is 0 Å². The van der Waals surface area contributed by atoms with Crippen LogP contribution < -0.4 is 0 Å². The number of rotatable bonds is 56. The van der Waals surface area contributed by atoms with Crippen molar-refractivity contribution in [2.45, 2.75) is 373 Å². The van der Waals surface area contributed by atoms with Gasteiger partial charge in [-0.1, -0.05) is 348 Å². The van der Waals surface area contributed by atoms with Gasteiger partial charge in [0.1, 0.15) is 0 Å². The van der Waals surface area contributed by atoms with E-state index in [1.54, 1.807) is 0 Å². The Labute approximate surface area is 397 Å². The summed E-state index contributed by atoms with van der Waals surface area (Å²) in [7, 11) is -3.99. The summed E-state index contributed by atoms with van der Waals surface area (Å²) in [5, 5.41) is 0. The fourth-order valence-corrected chi connectivity index (χ4v) is 16.2. The van der Waals surface area contributed by atoms with Crippen molar-refractivity contribution < 1.29 is 8.91 Å². The second-order valence-electron chi connectivity index (χ2n) is 21.3. The quantitative estimate of drug-likeness (QED) is 0.0442. The largest absolute Gasteiger partial charge is 0.437 e. The van der Waals surface area contributed by atoms with Gasteiger partial charge in [-0.05, 0) is 25.2 Å². The van der Waals surface area contributed by atoms with E-state index in [2.05, 4.69) is 20.4 Å². The number of hydrogen-bond acceptors (Lipinski definition) is 1. The van der Waals surface area contributed by atoms with E-state index in [4.69, 9.17) is 4.12 Å². The minimum Gasteiger partial charge on any atom is -0.437 e. The predicted molar refractivity (Wildman–Crippen MR) is 287 cm³/mol. The first-order valence-corrected chi connectivity index (χ1v) is 34.9. The smallest absolute Gasteiger partial charge is 0.360 e. The molecule has 0 spiro atoms. The second-order valence-corrected chi connectivity index (χ2v) is 27.2. The molecule has 0 N–H and O–H groups in total. The first kappa shape index (κ1) is 62.4. The molecule has 0 heterocycles. The predicted octanol–water partition coefficient (Wildman–Crippen LogP) is 22.2. The lowest BCUT2D eigenvalue weighted by molar-refractivity contribution is 0.309. The second kappa shape index (κ2) is 54.0. The molecule has 2 atom stereocenters. The zero-order valence-electron chi connectivity index (χ0n) is 44.1. The number of hydrogen-bond donors (Lipinski definition) is 0. The maximum absolute atomic E-state index is 13.1. The third-order valence-electron chi connectivity index (χ3n) is 14.4. The van der Waals surface area contributed by atoms with Crippen LogP contribution in [0, 0.1) is 0 Å². The zero-order chi connectivity index (χ0) is 45.0. The van der Waals surface area contributed by atoms with Crippen LogP contribution in [0.3, 0.4) is 0 Å². The molecule has 0 amide bonds. The van der Waals surface area contributed by atoms with E-state index in [1.807, 2.05) is 6.55 Å². The van der Waals surface area contributed by atoms with Gasteiger partial charge in [-0.15, -0.1) is 0 Å². The Morgan fingerprint density at radius 1 is 0.274 bits per heavy atom. The maximum atomic E-state index is 13.1. The monoisotopic (exact) mass is 906 g/mol. The molecule has 0 aliphatic heterocycles. The Morgan fingerprint density at radius 2 is 0.435 bits per heavy atom. The van der Waals surface area contributed by atoms with Crippen LogP contribution in [-0.2, 0) is 8.91 Å². The number of unbranched alkanes of at least 4 members (excludes halogenated alkanes) is 50. The van der Waals surface area contributed by atoms with E-state index in [0.717, 1.165) is 12.5 Å².